The normalized spacial score (nSPS) is 11.7. The van der Waals surface area contributed by atoms with Crippen LogP contribution >= 0.6 is 22.7 Å². The number of anilines is 1. The molecule has 0 aliphatic carbocycles. The minimum atomic E-state index is -0.970. The molecule has 1 N–H and O–H groups in total. The molecule has 0 atom stereocenters. The molecule has 2 aromatic carbocycles. The van der Waals surface area contributed by atoms with Crippen LogP contribution in [0.4, 0.5) is 27.2 Å². The van der Waals surface area contributed by atoms with Crippen LogP contribution in [0.3, 0.4) is 0 Å². The van der Waals surface area contributed by atoms with E-state index >= 15 is 0 Å². The minimum absolute atomic E-state index is 0.214. The van der Waals surface area contributed by atoms with E-state index in [-0.39, 0.29) is 5.56 Å². The number of aromatic carboxylic acids is 1. The van der Waals surface area contributed by atoms with E-state index in [9.17, 15) is 4.79 Å². The number of fused-ring (bicyclic) bond motifs is 1. The molecule has 0 aliphatic heterocycles. The number of aromatic nitrogens is 1. The number of thiazole rings is 1. The summed E-state index contributed by atoms with van der Waals surface area (Å²) in [6.45, 7) is 6.20. The van der Waals surface area contributed by atoms with Gasteiger partial charge in [-0.25, -0.2) is 9.78 Å². The fourth-order valence-corrected chi connectivity index (χ4v) is 4.85. The second-order valence-corrected chi connectivity index (χ2v) is 8.71. The van der Waals surface area contributed by atoms with Gasteiger partial charge in [-0.05, 0) is 68.4 Å². The van der Waals surface area contributed by atoms with Crippen molar-refractivity contribution in [3.8, 4) is 0 Å². The number of hydrogen-bond donors (Lipinski definition) is 1. The zero-order valence-electron chi connectivity index (χ0n) is 17.5. The molecule has 2 heterocycles. The molecule has 0 radical (unpaired) electrons. The van der Waals surface area contributed by atoms with E-state index in [1.165, 1.54) is 40.5 Å². The van der Waals surface area contributed by atoms with Gasteiger partial charge in [-0.2, -0.15) is 0 Å². The fraction of sp³-hybridized carbons (Fsp3) is 0.182. The van der Waals surface area contributed by atoms with Gasteiger partial charge in [-0.1, -0.05) is 22.7 Å². The van der Waals surface area contributed by atoms with Gasteiger partial charge in [-0.3, -0.25) is 0 Å². The molecule has 4 rings (SSSR count). The third-order valence-corrected chi connectivity index (χ3v) is 6.60. The van der Waals surface area contributed by atoms with Gasteiger partial charge in [0.25, 0.3) is 0 Å². The Labute approximate surface area is 192 Å². The Hall–Kier alpha value is -3.50. The summed E-state index contributed by atoms with van der Waals surface area (Å²) in [6, 6.07) is 16.2. The molecule has 32 heavy (non-hydrogen) atoms. The van der Waals surface area contributed by atoms with E-state index in [1.54, 1.807) is 12.1 Å². The summed E-state index contributed by atoms with van der Waals surface area (Å²) in [5.74, 6) is -0.970. The summed E-state index contributed by atoms with van der Waals surface area (Å²) in [5.41, 5.74) is 2.75. The molecular weight excluding hydrogens is 444 g/mol. The number of carboxylic acid groups (broad SMARTS) is 1. The molecule has 0 spiro atoms. The first-order chi connectivity index (χ1) is 15.6. The number of thiophene rings is 1. The molecule has 0 amide bonds. The number of carbonyl (C=O) groups is 1. The Morgan fingerprint density at radius 2 is 1.53 bits per heavy atom. The SMILES string of the molecule is CCN(CC)c1ccc(/N=N/c2nc3sc(/N=N/c4ccc(C(=O)O)cc4)cc3s2)cc1. The number of nitrogens with zero attached hydrogens (tertiary/aromatic N) is 6. The van der Waals surface area contributed by atoms with Crippen molar-refractivity contribution < 1.29 is 9.90 Å². The van der Waals surface area contributed by atoms with Gasteiger partial charge in [0.1, 0.15) is 9.83 Å². The lowest BCUT2D eigenvalue weighted by Gasteiger charge is -2.20. The Morgan fingerprint density at radius 3 is 2.12 bits per heavy atom. The van der Waals surface area contributed by atoms with E-state index in [0.717, 1.165) is 33.3 Å². The van der Waals surface area contributed by atoms with E-state index in [2.05, 4.69) is 44.2 Å². The van der Waals surface area contributed by atoms with Crippen molar-refractivity contribution in [3.05, 3.63) is 60.2 Å². The van der Waals surface area contributed by atoms with Crippen LogP contribution in [-0.2, 0) is 0 Å². The summed E-state index contributed by atoms with van der Waals surface area (Å²) in [5, 5.41) is 27.2. The summed E-state index contributed by atoms with van der Waals surface area (Å²) in [4.78, 5) is 18.5. The maximum Gasteiger partial charge on any atom is 0.335 e. The van der Waals surface area contributed by atoms with Gasteiger partial charge in [0.15, 0.2) is 0 Å². The van der Waals surface area contributed by atoms with Crippen molar-refractivity contribution in [1.29, 1.82) is 0 Å². The van der Waals surface area contributed by atoms with E-state index in [1.807, 2.05) is 30.3 Å². The fourth-order valence-electron chi connectivity index (χ4n) is 3.00. The van der Waals surface area contributed by atoms with Crippen molar-refractivity contribution in [2.45, 2.75) is 13.8 Å². The second-order valence-electron chi connectivity index (χ2n) is 6.69. The van der Waals surface area contributed by atoms with Crippen LogP contribution in [0.25, 0.3) is 9.53 Å². The molecule has 0 unspecified atom stereocenters. The van der Waals surface area contributed by atoms with Crippen LogP contribution in [0.2, 0.25) is 0 Å². The van der Waals surface area contributed by atoms with Crippen LogP contribution in [0.5, 0.6) is 0 Å². The lowest BCUT2D eigenvalue weighted by Crippen LogP contribution is -2.21. The topological polar surface area (TPSA) is 103 Å². The van der Waals surface area contributed by atoms with E-state index in [4.69, 9.17) is 5.11 Å². The third-order valence-electron chi connectivity index (χ3n) is 4.67. The molecule has 0 saturated heterocycles. The first-order valence-electron chi connectivity index (χ1n) is 9.98. The van der Waals surface area contributed by atoms with Gasteiger partial charge in [0.2, 0.25) is 5.13 Å². The zero-order chi connectivity index (χ0) is 22.5. The van der Waals surface area contributed by atoms with Crippen molar-refractivity contribution >= 4 is 65.4 Å². The molecule has 0 fully saturated rings. The Morgan fingerprint density at radius 1 is 0.906 bits per heavy atom. The summed E-state index contributed by atoms with van der Waals surface area (Å²) < 4.78 is 0.969. The van der Waals surface area contributed by atoms with Gasteiger partial charge in [0.05, 0.1) is 21.6 Å². The molecule has 162 valence electrons. The maximum absolute atomic E-state index is 10.9. The average Bonchev–Trinajstić information content (AvgIpc) is 3.36. The molecule has 0 aliphatic rings. The monoisotopic (exact) mass is 464 g/mol. The van der Waals surface area contributed by atoms with Crippen molar-refractivity contribution in [3.63, 3.8) is 0 Å². The number of carboxylic acids is 1. The standard InChI is InChI=1S/C22H20N6O2S2/c1-3-28(4-2)17-11-9-16(10-12-17)25-27-22-23-20-18(31-22)13-19(32-20)26-24-15-7-5-14(6-8-15)21(29)30/h5-13H,3-4H2,1-2H3,(H,29,30)/b26-24+,27-25+. The molecule has 0 bridgehead atoms. The highest BCUT2D eigenvalue weighted by molar-refractivity contribution is 7.30. The first-order valence-corrected chi connectivity index (χ1v) is 11.6. The summed E-state index contributed by atoms with van der Waals surface area (Å²) >= 11 is 2.86. The van der Waals surface area contributed by atoms with Crippen LogP contribution in [-0.4, -0.2) is 29.1 Å². The van der Waals surface area contributed by atoms with E-state index < -0.39 is 5.97 Å². The van der Waals surface area contributed by atoms with Crippen LogP contribution < -0.4 is 4.90 Å². The highest BCUT2D eigenvalue weighted by atomic mass is 32.1. The first kappa shape index (κ1) is 21.7. The molecule has 2 aromatic heterocycles. The van der Waals surface area contributed by atoms with Crippen LogP contribution in [0.1, 0.15) is 24.2 Å². The molecular formula is C22H20N6O2S2. The van der Waals surface area contributed by atoms with Crippen LogP contribution in [0, 0.1) is 0 Å². The second kappa shape index (κ2) is 9.75. The minimum Gasteiger partial charge on any atom is -0.478 e. The number of hydrogen-bond acceptors (Lipinski definition) is 9. The summed E-state index contributed by atoms with van der Waals surface area (Å²) in [6.07, 6.45) is 0. The lowest BCUT2D eigenvalue weighted by molar-refractivity contribution is 0.0697. The third kappa shape index (κ3) is 5.04. The molecule has 10 heteroatoms. The van der Waals surface area contributed by atoms with Gasteiger partial charge in [-0.15, -0.1) is 20.5 Å². The zero-order valence-corrected chi connectivity index (χ0v) is 19.1. The predicted molar refractivity (Wildman–Crippen MR) is 129 cm³/mol. The highest BCUT2D eigenvalue weighted by Crippen LogP contribution is 2.39. The molecule has 8 nitrogen and oxygen atoms in total. The highest BCUT2D eigenvalue weighted by Gasteiger charge is 2.09. The van der Waals surface area contributed by atoms with E-state index in [0.29, 0.717) is 10.8 Å². The van der Waals surface area contributed by atoms with Gasteiger partial charge in [0, 0.05) is 18.8 Å². The predicted octanol–water partition coefficient (Wildman–Crippen LogP) is 7.73. The maximum atomic E-state index is 10.9. The Kier molecular flexibility index (Phi) is 6.62. The average molecular weight is 465 g/mol. The number of benzene rings is 2. The van der Waals surface area contributed by atoms with Crippen LogP contribution in [0.15, 0.2) is 75.1 Å². The van der Waals surface area contributed by atoms with Crippen molar-refractivity contribution in [2.24, 2.45) is 20.5 Å². The van der Waals surface area contributed by atoms with Crippen molar-refractivity contribution in [2.75, 3.05) is 18.0 Å². The summed E-state index contributed by atoms with van der Waals surface area (Å²) in [7, 11) is 0. The van der Waals surface area contributed by atoms with Gasteiger partial charge < -0.3 is 10.0 Å². The lowest BCUT2D eigenvalue weighted by atomic mass is 10.2. The Bertz CT molecular complexity index is 1240. The Balaban J connectivity index is 1.43. The van der Waals surface area contributed by atoms with Crippen molar-refractivity contribution in [1.82, 2.24) is 4.98 Å². The smallest absolute Gasteiger partial charge is 0.335 e. The molecule has 0 saturated carbocycles. The molecule has 4 aromatic rings. The largest absolute Gasteiger partial charge is 0.478 e. The number of rotatable bonds is 8. The quantitative estimate of drug-likeness (QED) is 0.269. The van der Waals surface area contributed by atoms with Gasteiger partial charge >= 0.3 is 5.97 Å². The number of azo groups is 2.